The second kappa shape index (κ2) is 6.58. The molecule has 1 unspecified atom stereocenters. The molecule has 3 heteroatoms. The van der Waals surface area contributed by atoms with E-state index in [0.717, 1.165) is 21.9 Å². The Morgan fingerprint density at radius 1 is 1.44 bits per heavy atom. The fourth-order valence-corrected chi connectivity index (χ4v) is 2.99. The van der Waals surface area contributed by atoms with Crippen LogP contribution in [0.4, 0.5) is 0 Å². The molecule has 0 aliphatic heterocycles. The van der Waals surface area contributed by atoms with Gasteiger partial charge < -0.3 is 5.32 Å². The van der Waals surface area contributed by atoms with Crippen LogP contribution in [0.25, 0.3) is 0 Å². The Labute approximate surface area is 115 Å². The lowest BCUT2D eigenvalue weighted by Crippen LogP contribution is -2.21. The van der Waals surface area contributed by atoms with Gasteiger partial charge in [-0.05, 0) is 37.6 Å². The van der Waals surface area contributed by atoms with Gasteiger partial charge in [0.2, 0.25) is 0 Å². The quantitative estimate of drug-likeness (QED) is 0.753. The Bertz CT molecular complexity index is 374. The van der Waals surface area contributed by atoms with Crippen molar-refractivity contribution in [1.29, 1.82) is 0 Å². The van der Waals surface area contributed by atoms with Gasteiger partial charge in [-0.1, -0.05) is 50.4 Å². The van der Waals surface area contributed by atoms with Crippen LogP contribution in [0.1, 0.15) is 31.9 Å². The first kappa shape index (κ1) is 13.9. The zero-order chi connectivity index (χ0) is 12.1. The molecule has 1 N–H and O–H groups in total. The highest BCUT2D eigenvalue weighted by Gasteiger charge is 2.13. The molecule has 1 atom stereocenters. The second-order valence-corrected chi connectivity index (χ2v) is 5.71. The summed E-state index contributed by atoms with van der Waals surface area (Å²) in [7, 11) is 0. The zero-order valence-electron chi connectivity index (χ0n) is 9.69. The largest absolute Gasteiger partial charge is 0.310 e. The molecule has 0 fully saturated rings. The average Bonchev–Trinajstić information content (AvgIpc) is 2.16. The molecule has 0 heterocycles. The minimum absolute atomic E-state index is 0.338. The summed E-state index contributed by atoms with van der Waals surface area (Å²) in [5.74, 6) is 0. The molecule has 88 valence electrons. The number of rotatable bonds is 5. The summed E-state index contributed by atoms with van der Waals surface area (Å²) in [6, 6.07) is 6.63. The Morgan fingerprint density at radius 2 is 2.12 bits per heavy atom. The summed E-state index contributed by atoms with van der Waals surface area (Å²) in [5.41, 5.74) is 2.48. The molecule has 1 nitrogen and oxygen atoms in total. The lowest BCUT2D eigenvalue weighted by Gasteiger charge is -2.20. The predicted octanol–water partition coefficient (Wildman–Crippen LogP) is 4.83. The molecule has 0 spiro atoms. The second-order valence-electron chi connectivity index (χ2n) is 3.94. The molecule has 1 aromatic rings. The van der Waals surface area contributed by atoms with E-state index in [0.29, 0.717) is 6.04 Å². The summed E-state index contributed by atoms with van der Waals surface area (Å²) in [4.78, 5) is 0. The van der Waals surface area contributed by atoms with Crippen LogP contribution >= 0.6 is 31.9 Å². The molecule has 16 heavy (non-hydrogen) atoms. The van der Waals surface area contributed by atoms with Gasteiger partial charge in [-0.2, -0.15) is 0 Å². The third-order valence-electron chi connectivity index (χ3n) is 2.34. The van der Waals surface area contributed by atoms with Gasteiger partial charge in [0.05, 0.1) is 0 Å². The Balaban J connectivity index is 2.95. The van der Waals surface area contributed by atoms with E-state index < -0.39 is 0 Å². The maximum Gasteiger partial charge on any atom is 0.0368 e. The standard InChI is InChI=1S/C13H17Br2N/c1-4-16-13(7-9(2)3)11-6-5-10(14)8-12(11)15/h5-6,8,13,16H,2,4,7H2,1,3H3. The van der Waals surface area contributed by atoms with Crippen LogP contribution in [-0.4, -0.2) is 6.54 Å². The number of halogens is 2. The highest BCUT2D eigenvalue weighted by Crippen LogP contribution is 2.29. The van der Waals surface area contributed by atoms with E-state index in [1.807, 2.05) is 0 Å². The smallest absolute Gasteiger partial charge is 0.0368 e. The van der Waals surface area contributed by atoms with Gasteiger partial charge in [0, 0.05) is 15.0 Å². The van der Waals surface area contributed by atoms with Crippen molar-refractivity contribution >= 4 is 31.9 Å². The number of nitrogens with one attached hydrogen (secondary N) is 1. The van der Waals surface area contributed by atoms with E-state index >= 15 is 0 Å². The molecule has 1 aromatic carbocycles. The first-order chi connectivity index (χ1) is 7.54. The van der Waals surface area contributed by atoms with Gasteiger partial charge in [-0.25, -0.2) is 0 Å². The highest BCUT2D eigenvalue weighted by atomic mass is 79.9. The van der Waals surface area contributed by atoms with Crippen molar-refractivity contribution in [2.24, 2.45) is 0 Å². The lowest BCUT2D eigenvalue weighted by atomic mass is 10.0. The summed E-state index contributed by atoms with van der Waals surface area (Å²) >= 11 is 7.08. The Morgan fingerprint density at radius 3 is 2.62 bits per heavy atom. The topological polar surface area (TPSA) is 12.0 Å². The van der Waals surface area contributed by atoms with Crippen LogP contribution in [0.2, 0.25) is 0 Å². The fraction of sp³-hybridized carbons (Fsp3) is 0.385. The SMILES string of the molecule is C=C(C)CC(NCC)c1ccc(Br)cc1Br. The molecule has 0 aliphatic rings. The summed E-state index contributed by atoms with van der Waals surface area (Å²) in [6.45, 7) is 9.13. The van der Waals surface area contributed by atoms with Crippen molar-refractivity contribution in [2.45, 2.75) is 26.3 Å². The van der Waals surface area contributed by atoms with Gasteiger partial charge in [0.15, 0.2) is 0 Å². The normalized spacial score (nSPS) is 12.5. The maximum absolute atomic E-state index is 3.99. The minimum atomic E-state index is 0.338. The summed E-state index contributed by atoms with van der Waals surface area (Å²) < 4.78 is 2.22. The van der Waals surface area contributed by atoms with Gasteiger partial charge in [-0.15, -0.1) is 6.58 Å². The van der Waals surface area contributed by atoms with Crippen LogP contribution in [0.3, 0.4) is 0 Å². The number of hydrogen-bond acceptors (Lipinski definition) is 1. The van der Waals surface area contributed by atoms with Crippen molar-refractivity contribution < 1.29 is 0 Å². The molecule has 0 bridgehead atoms. The fourth-order valence-electron chi connectivity index (χ4n) is 1.67. The average molecular weight is 347 g/mol. The minimum Gasteiger partial charge on any atom is -0.310 e. The highest BCUT2D eigenvalue weighted by molar-refractivity contribution is 9.11. The van der Waals surface area contributed by atoms with E-state index in [9.17, 15) is 0 Å². The van der Waals surface area contributed by atoms with Gasteiger partial charge in [-0.3, -0.25) is 0 Å². The molecular formula is C13H17Br2N. The van der Waals surface area contributed by atoms with E-state index in [1.54, 1.807) is 0 Å². The molecule has 0 saturated heterocycles. The van der Waals surface area contributed by atoms with Gasteiger partial charge in [0.1, 0.15) is 0 Å². The monoisotopic (exact) mass is 345 g/mol. The zero-order valence-corrected chi connectivity index (χ0v) is 12.9. The van der Waals surface area contributed by atoms with Gasteiger partial charge in [0.25, 0.3) is 0 Å². The Hall–Kier alpha value is -0.120. The van der Waals surface area contributed by atoms with E-state index in [4.69, 9.17) is 0 Å². The van der Waals surface area contributed by atoms with Crippen LogP contribution in [0.5, 0.6) is 0 Å². The molecule has 0 aromatic heterocycles. The third-order valence-corrected chi connectivity index (χ3v) is 3.52. The molecule has 0 radical (unpaired) electrons. The summed E-state index contributed by atoms with van der Waals surface area (Å²) in [6.07, 6.45) is 0.966. The molecule has 0 aliphatic carbocycles. The predicted molar refractivity (Wildman–Crippen MR) is 77.7 cm³/mol. The number of benzene rings is 1. The first-order valence-corrected chi connectivity index (χ1v) is 6.96. The number of hydrogen-bond donors (Lipinski definition) is 1. The molecule has 1 rings (SSSR count). The summed E-state index contributed by atoms with van der Waals surface area (Å²) in [5, 5.41) is 3.48. The van der Waals surface area contributed by atoms with E-state index in [2.05, 4.69) is 75.8 Å². The van der Waals surface area contributed by atoms with Crippen molar-refractivity contribution in [1.82, 2.24) is 5.32 Å². The van der Waals surface area contributed by atoms with Crippen molar-refractivity contribution in [3.63, 3.8) is 0 Å². The lowest BCUT2D eigenvalue weighted by molar-refractivity contribution is 0.546. The van der Waals surface area contributed by atoms with Crippen LogP contribution in [0.15, 0.2) is 39.3 Å². The molecular weight excluding hydrogens is 330 g/mol. The van der Waals surface area contributed by atoms with Gasteiger partial charge >= 0.3 is 0 Å². The van der Waals surface area contributed by atoms with Crippen molar-refractivity contribution in [3.05, 3.63) is 44.9 Å². The van der Waals surface area contributed by atoms with Crippen molar-refractivity contribution in [3.8, 4) is 0 Å². The molecule has 0 saturated carbocycles. The van der Waals surface area contributed by atoms with Crippen LogP contribution in [-0.2, 0) is 0 Å². The first-order valence-electron chi connectivity index (χ1n) is 5.37. The molecule has 0 amide bonds. The third kappa shape index (κ3) is 4.04. The van der Waals surface area contributed by atoms with Crippen molar-refractivity contribution in [2.75, 3.05) is 6.54 Å². The van der Waals surface area contributed by atoms with Crippen LogP contribution in [0, 0.1) is 0 Å². The Kier molecular flexibility index (Phi) is 5.73. The van der Waals surface area contributed by atoms with E-state index in [-0.39, 0.29) is 0 Å². The maximum atomic E-state index is 3.99. The van der Waals surface area contributed by atoms with Crippen LogP contribution < -0.4 is 5.32 Å². The van der Waals surface area contributed by atoms with E-state index in [1.165, 1.54) is 11.1 Å².